The number of benzene rings is 1. The Bertz CT molecular complexity index is 630. The van der Waals surface area contributed by atoms with Crippen molar-refractivity contribution in [2.45, 2.75) is 25.9 Å². The summed E-state index contributed by atoms with van der Waals surface area (Å²) in [5, 5.41) is 0.723. The van der Waals surface area contributed by atoms with Gasteiger partial charge in [-0.15, -0.1) is 0 Å². The Morgan fingerprint density at radius 1 is 1.50 bits per heavy atom. The second kappa shape index (κ2) is 3.15. The molecule has 0 radical (unpaired) electrons. The van der Waals surface area contributed by atoms with Crippen LogP contribution in [0.3, 0.4) is 0 Å². The van der Waals surface area contributed by atoms with Crippen molar-refractivity contribution in [1.82, 2.24) is 9.55 Å². The summed E-state index contributed by atoms with van der Waals surface area (Å²) < 4.78 is 1.71. The third kappa shape index (κ3) is 1.13. The Kier molecular flexibility index (Phi) is 1.88. The summed E-state index contributed by atoms with van der Waals surface area (Å²) in [5.41, 5.74) is 7.70. The van der Waals surface area contributed by atoms with Crippen molar-refractivity contribution in [1.29, 1.82) is 0 Å². The summed E-state index contributed by atoms with van der Waals surface area (Å²) in [6, 6.07) is 5.63. The Labute approximate surface area is 92.7 Å². The summed E-state index contributed by atoms with van der Waals surface area (Å²) in [6.45, 7) is 2.62. The smallest absolute Gasteiger partial charge is 0.261 e. The lowest BCUT2D eigenvalue weighted by atomic mass is 10.1. The molecule has 0 amide bonds. The van der Waals surface area contributed by atoms with Gasteiger partial charge in [0, 0.05) is 6.54 Å². The molecule has 0 saturated carbocycles. The van der Waals surface area contributed by atoms with E-state index in [0.717, 1.165) is 28.7 Å². The number of fused-ring (bicyclic) bond motifs is 2. The first-order valence-corrected chi connectivity index (χ1v) is 5.44. The summed E-state index contributed by atoms with van der Waals surface area (Å²) in [7, 11) is 0. The van der Waals surface area contributed by atoms with Crippen LogP contribution in [0.2, 0.25) is 0 Å². The number of rotatable bonds is 0. The molecule has 0 spiro atoms. The summed E-state index contributed by atoms with van der Waals surface area (Å²) >= 11 is 0. The lowest BCUT2D eigenvalue weighted by Gasteiger charge is -2.08. The molecule has 82 valence electrons. The molecule has 3 rings (SSSR count). The van der Waals surface area contributed by atoms with E-state index in [4.69, 9.17) is 5.73 Å². The topological polar surface area (TPSA) is 60.9 Å². The molecule has 0 bridgehead atoms. The second-order valence-electron chi connectivity index (χ2n) is 4.29. The first-order chi connectivity index (χ1) is 7.68. The highest BCUT2D eigenvalue weighted by atomic mass is 16.1. The average molecular weight is 215 g/mol. The van der Waals surface area contributed by atoms with Gasteiger partial charge in [-0.05, 0) is 25.0 Å². The van der Waals surface area contributed by atoms with Crippen molar-refractivity contribution < 1.29 is 0 Å². The van der Waals surface area contributed by atoms with Crippen molar-refractivity contribution in [2.75, 3.05) is 0 Å². The highest BCUT2D eigenvalue weighted by Crippen LogP contribution is 2.22. The van der Waals surface area contributed by atoms with Crippen LogP contribution in [0.15, 0.2) is 23.0 Å². The maximum atomic E-state index is 12.3. The molecule has 1 aromatic heterocycles. The standard InChI is InChI=1S/C12H13N3O/c1-7-3-2-4-9-10(7)12(16)15-6-5-8(13)11(15)14-9/h2-4,8H,5-6,13H2,1H3/t8-/m1/s1. The SMILES string of the molecule is Cc1cccc2nc3n(c(=O)c12)CC[C@H]3N. The van der Waals surface area contributed by atoms with Gasteiger partial charge in [-0.1, -0.05) is 12.1 Å². The molecule has 0 fully saturated rings. The van der Waals surface area contributed by atoms with Crippen molar-refractivity contribution >= 4 is 10.9 Å². The minimum Gasteiger partial charge on any atom is -0.321 e. The van der Waals surface area contributed by atoms with E-state index in [1.54, 1.807) is 4.57 Å². The lowest BCUT2D eigenvalue weighted by Crippen LogP contribution is -2.23. The van der Waals surface area contributed by atoms with Crippen LogP contribution in [0.5, 0.6) is 0 Å². The number of hydrogen-bond acceptors (Lipinski definition) is 3. The molecule has 2 N–H and O–H groups in total. The molecule has 0 saturated heterocycles. The van der Waals surface area contributed by atoms with Crippen LogP contribution in [0.1, 0.15) is 23.9 Å². The van der Waals surface area contributed by atoms with E-state index in [1.165, 1.54) is 0 Å². The first kappa shape index (κ1) is 9.54. The van der Waals surface area contributed by atoms with Gasteiger partial charge in [0.1, 0.15) is 5.82 Å². The van der Waals surface area contributed by atoms with Crippen molar-refractivity contribution in [3.63, 3.8) is 0 Å². The van der Waals surface area contributed by atoms with Crippen LogP contribution in [-0.4, -0.2) is 9.55 Å². The highest BCUT2D eigenvalue weighted by Gasteiger charge is 2.23. The molecule has 1 aromatic carbocycles. The van der Waals surface area contributed by atoms with Crippen LogP contribution >= 0.6 is 0 Å². The Hall–Kier alpha value is -1.68. The van der Waals surface area contributed by atoms with E-state index >= 15 is 0 Å². The fraction of sp³-hybridized carbons (Fsp3) is 0.333. The molecular weight excluding hydrogens is 202 g/mol. The molecule has 2 heterocycles. The van der Waals surface area contributed by atoms with Gasteiger partial charge >= 0.3 is 0 Å². The fourth-order valence-corrected chi connectivity index (χ4v) is 2.34. The average Bonchev–Trinajstić information content (AvgIpc) is 2.61. The molecule has 1 aliphatic heterocycles. The molecule has 16 heavy (non-hydrogen) atoms. The van der Waals surface area contributed by atoms with Gasteiger partial charge in [-0.25, -0.2) is 4.98 Å². The lowest BCUT2D eigenvalue weighted by molar-refractivity contribution is 0.679. The number of hydrogen-bond donors (Lipinski definition) is 1. The quantitative estimate of drug-likeness (QED) is 0.716. The van der Waals surface area contributed by atoms with Gasteiger partial charge < -0.3 is 5.73 Å². The Morgan fingerprint density at radius 2 is 2.31 bits per heavy atom. The van der Waals surface area contributed by atoms with E-state index in [1.807, 2.05) is 25.1 Å². The van der Waals surface area contributed by atoms with Gasteiger partial charge in [0.15, 0.2) is 0 Å². The molecular formula is C12H13N3O. The molecule has 0 aliphatic carbocycles. The van der Waals surface area contributed by atoms with Gasteiger partial charge in [0.05, 0.1) is 16.9 Å². The molecule has 1 atom stereocenters. The first-order valence-electron chi connectivity index (χ1n) is 5.44. The zero-order chi connectivity index (χ0) is 11.3. The van der Waals surface area contributed by atoms with Gasteiger partial charge in [-0.3, -0.25) is 9.36 Å². The van der Waals surface area contributed by atoms with E-state index in [2.05, 4.69) is 4.98 Å². The van der Waals surface area contributed by atoms with E-state index in [-0.39, 0.29) is 11.6 Å². The zero-order valence-corrected chi connectivity index (χ0v) is 9.10. The Balaban J connectivity index is 2.49. The molecule has 0 unspecified atom stereocenters. The third-order valence-corrected chi connectivity index (χ3v) is 3.22. The van der Waals surface area contributed by atoms with Gasteiger partial charge in [0.25, 0.3) is 5.56 Å². The number of aryl methyl sites for hydroxylation is 1. The molecule has 2 aromatic rings. The largest absolute Gasteiger partial charge is 0.321 e. The number of aromatic nitrogens is 2. The van der Waals surface area contributed by atoms with Crippen LogP contribution in [0, 0.1) is 6.92 Å². The molecule has 1 aliphatic rings. The van der Waals surface area contributed by atoms with Gasteiger partial charge in [-0.2, -0.15) is 0 Å². The summed E-state index contributed by atoms with van der Waals surface area (Å²) in [4.78, 5) is 16.8. The predicted octanol–water partition coefficient (Wildman–Crippen LogP) is 1.11. The van der Waals surface area contributed by atoms with Crippen LogP contribution in [0.25, 0.3) is 10.9 Å². The summed E-state index contributed by atoms with van der Waals surface area (Å²) in [6.07, 6.45) is 0.803. The van der Waals surface area contributed by atoms with Gasteiger partial charge in [0.2, 0.25) is 0 Å². The normalized spacial score (nSPS) is 19.0. The van der Waals surface area contributed by atoms with Crippen LogP contribution < -0.4 is 11.3 Å². The monoisotopic (exact) mass is 215 g/mol. The minimum atomic E-state index is -0.0994. The summed E-state index contributed by atoms with van der Waals surface area (Å²) in [5.74, 6) is 0.725. The predicted molar refractivity (Wildman–Crippen MR) is 62.3 cm³/mol. The molecule has 4 heteroatoms. The maximum absolute atomic E-state index is 12.3. The van der Waals surface area contributed by atoms with Crippen LogP contribution in [0.4, 0.5) is 0 Å². The fourth-order valence-electron chi connectivity index (χ4n) is 2.34. The minimum absolute atomic E-state index is 0.0473. The van der Waals surface area contributed by atoms with Crippen LogP contribution in [-0.2, 0) is 6.54 Å². The second-order valence-corrected chi connectivity index (χ2v) is 4.29. The molecule has 4 nitrogen and oxygen atoms in total. The maximum Gasteiger partial charge on any atom is 0.261 e. The zero-order valence-electron chi connectivity index (χ0n) is 9.10. The van der Waals surface area contributed by atoms with Crippen molar-refractivity contribution in [2.24, 2.45) is 5.73 Å². The highest BCUT2D eigenvalue weighted by molar-refractivity contribution is 5.81. The van der Waals surface area contributed by atoms with E-state index in [9.17, 15) is 4.79 Å². The van der Waals surface area contributed by atoms with Crippen molar-refractivity contribution in [3.8, 4) is 0 Å². The number of nitrogens with zero attached hydrogens (tertiary/aromatic N) is 2. The Morgan fingerprint density at radius 3 is 3.12 bits per heavy atom. The van der Waals surface area contributed by atoms with E-state index < -0.39 is 0 Å². The number of nitrogens with two attached hydrogens (primary N) is 1. The third-order valence-electron chi connectivity index (χ3n) is 3.22. The van der Waals surface area contributed by atoms with E-state index in [0.29, 0.717) is 6.54 Å². The van der Waals surface area contributed by atoms with Crippen molar-refractivity contribution in [3.05, 3.63) is 39.9 Å².